The van der Waals surface area contributed by atoms with Crippen LogP contribution in [0.3, 0.4) is 0 Å². The molecule has 2 N–H and O–H groups in total. The van der Waals surface area contributed by atoms with Crippen molar-refractivity contribution in [2.45, 2.75) is 65.5 Å². The Morgan fingerprint density at radius 2 is 1.71 bits per heavy atom. The third kappa shape index (κ3) is 4.95. The van der Waals surface area contributed by atoms with Gasteiger partial charge in [-0.3, -0.25) is 0 Å². The van der Waals surface area contributed by atoms with Gasteiger partial charge in [-0.25, -0.2) is 8.78 Å². The molecule has 0 radical (unpaired) electrons. The van der Waals surface area contributed by atoms with Crippen molar-refractivity contribution in [3.8, 4) is 0 Å². The first-order valence-corrected chi connectivity index (χ1v) is 7.90. The van der Waals surface area contributed by atoms with Gasteiger partial charge in [0.25, 0.3) is 0 Å². The van der Waals surface area contributed by atoms with Gasteiger partial charge in [0.05, 0.1) is 0 Å². The van der Waals surface area contributed by atoms with E-state index in [1.807, 2.05) is 25.7 Å². The quantitative estimate of drug-likeness (QED) is 0.777. The highest BCUT2D eigenvalue weighted by molar-refractivity contribution is 5.51. The molecule has 1 aromatic carbocycles. The van der Waals surface area contributed by atoms with Crippen molar-refractivity contribution in [1.29, 1.82) is 0 Å². The Balaban J connectivity index is 3.12. The third-order valence-corrected chi connectivity index (χ3v) is 3.80. The van der Waals surface area contributed by atoms with Crippen LogP contribution in [-0.2, 0) is 6.42 Å². The maximum Gasteiger partial charge on any atom is 0.149 e. The summed E-state index contributed by atoms with van der Waals surface area (Å²) in [5.41, 5.74) is 6.42. The molecule has 0 saturated carbocycles. The molecule has 4 heteroatoms. The number of nitrogens with two attached hydrogens (primary N) is 1. The lowest BCUT2D eigenvalue weighted by atomic mass is 10.0. The summed E-state index contributed by atoms with van der Waals surface area (Å²) in [6, 6.07) is 2.84. The molecule has 21 heavy (non-hydrogen) atoms. The first kappa shape index (κ1) is 17.9. The normalized spacial score (nSPS) is 14.0. The molecule has 120 valence electrons. The highest BCUT2D eigenvalue weighted by atomic mass is 19.1. The minimum atomic E-state index is -0.484. The van der Waals surface area contributed by atoms with Crippen LogP contribution in [0.2, 0.25) is 0 Å². The summed E-state index contributed by atoms with van der Waals surface area (Å²) in [7, 11) is 0. The Hall–Kier alpha value is -1.16. The third-order valence-electron chi connectivity index (χ3n) is 3.80. The van der Waals surface area contributed by atoms with E-state index >= 15 is 0 Å². The van der Waals surface area contributed by atoms with Crippen LogP contribution in [0.5, 0.6) is 0 Å². The van der Waals surface area contributed by atoms with E-state index in [1.165, 1.54) is 12.1 Å². The molecule has 0 amide bonds. The largest absolute Gasteiger partial charge is 0.364 e. The number of halogens is 2. The summed E-state index contributed by atoms with van der Waals surface area (Å²) in [6.45, 7) is 8.62. The Kier molecular flexibility index (Phi) is 7.09. The van der Waals surface area contributed by atoms with Gasteiger partial charge in [-0.05, 0) is 50.8 Å². The molecule has 0 aromatic heterocycles. The zero-order valence-corrected chi connectivity index (χ0v) is 13.6. The predicted octanol–water partition coefficient (Wildman–Crippen LogP) is 4.26. The number of hydrogen-bond donors (Lipinski definition) is 1. The van der Waals surface area contributed by atoms with Crippen LogP contribution in [0, 0.1) is 11.6 Å². The number of benzene rings is 1. The zero-order chi connectivity index (χ0) is 16.0. The van der Waals surface area contributed by atoms with Gasteiger partial charge >= 0.3 is 0 Å². The molecule has 1 aromatic rings. The van der Waals surface area contributed by atoms with Gasteiger partial charge in [0.15, 0.2) is 0 Å². The van der Waals surface area contributed by atoms with E-state index in [0.717, 1.165) is 19.3 Å². The fraction of sp³-hybridized carbons (Fsp3) is 0.647. The lowest BCUT2D eigenvalue weighted by Gasteiger charge is -2.31. The van der Waals surface area contributed by atoms with E-state index in [4.69, 9.17) is 5.73 Å². The number of anilines is 1. The fourth-order valence-corrected chi connectivity index (χ4v) is 2.48. The summed E-state index contributed by atoms with van der Waals surface area (Å²) in [5, 5.41) is 0. The van der Waals surface area contributed by atoms with Gasteiger partial charge in [-0.2, -0.15) is 0 Å². The SMILES string of the molecule is CCCCN(c1c(F)cc(CC(C)N)cc1F)C(C)CC. The summed E-state index contributed by atoms with van der Waals surface area (Å²) in [6.07, 6.45) is 3.25. The van der Waals surface area contributed by atoms with E-state index in [1.54, 1.807) is 0 Å². The second-order valence-electron chi connectivity index (χ2n) is 5.89. The summed E-state index contributed by atoms with van der Waals surface area (Å²) >= 11 is 0. The van der Waals surface area contributed by atoms with E-state index in [-0.39, 0.29) is 17.8 Å². The predicted molar refractivity (Wildman–Crippen MR) is 85.7 cm³/mol. The first-order valence-electron chi connectivity index (χ1n) is 7.90. The molecule has 1 rings (SSSR count). The minimum Gasteiger partial charge on any atom is -0.364 e. The Labute approximate surface area is 127 Å². The lowest BCUT2D eigenvalue weighted by Crippen LogP contribution is -2.35. The topological polar surface area (TPSA) is 29.3 Å². The molecule has 2 nitrogen and oxygen atoms in total. The summed E-state index contributed by atoms with van der Waals surface area (Å²) in [4.78, 5) is 1.85. The fourth-order valence-electron chi connectivity index (χ4n) is 2.48. The van der Waals surface area contributed by atoms with Crippen molar-refractivity contribution in [3.05, 3.63) is 29.3 Å². The molecule has 0 saturated heterocycles. The molecule has 0 aliphatic rings. The smallest absolute Gasteiger partial charge is 0.149 e. The molecule has 0 spiro atoms. The molecular formula is C17H28F2N2. The average Bonchev–Trinajstić information content (AvgIpc) is 2.40. The second kappa shape index (κ2) is 8.32. The molecule has 0 fully saturated rings. The monoisotopic (exact) mass is 298 g/mol. The van der Waals surface area contributed by atoms with Gasteiger partial charge in [-0.1, -0.05) is 20.3 Å². The van der Waals surface area contributed by atoms with Gasteiger partial charge in [-0.15, -0.1) is 0 Å². The van der Waals surface area contributed by atoms with Crippen molar-refractivity contribution in [2.75, 3.05) is 11.4 Å². The molecule has 0 heterocycles. The number of rotatable bonds is 8. The number of nitrogens with zero attached hydrogens (tertiary/aromatic N) is 1. The van der Waals surface area contributed by atoms with Crippen LogP contribution in [0.25, 0.3) is 0 Å². The Bertz CT molecular complexity index is 423. The van der Waals surface area contributed by atoms with Crippen molar-refractivity contribution < 1.29 is 8.78 Å². The standard InChI is InChI=1S/C17H28F2N2/c1-5-7-8-21(13(4)6-2)17-15(18)10-14(9-12(3)20)11-16(17)19/h10-13H,5-9,20H2,1-4H3. The van der Waals surface area contributed by atoms with Crippen LogP contribution in [-0.4, -0.2) is 18.6 Å². The van der Waals surface area contributed by atoms with Crippen LogP contribution in [0.15, 0.2) is 12.1 Å². The van der Waals surface area contributed by atoms with Crippen molar-refractivity contribution >= 4 is 5.69 Å². The highest BCUT2D eigenvalue weighted by Crippen LogP contribution is 2.28. The van der Waals surface area contributed by atoms with Crippen molar-refractivity contribution in [2.24, 2.45) is 5.73 Å². The molecule has 2 unspecified atom stereocenters. The maximum absolute atomic E-state index is 14.4. The van der Waals surface area contributed by atoms with E-state index in [9.17, 15) is 8.78 Å². The summed E-state index contributed by atoms with van der Waals surface area (Å²) < 4.78 is 28.8. The van der Waals surface area contributed by atoms with Gasteiger partial charge in [0, 0.05) is 18.6 Å². The Morgan fingerprint density at radius 1 is 1.14 bits per heavy atom. The molecule has 0 bridgehead atoms. The van der Waals surface area contributed by atoms with E-state index in [2.05, 4.69) is 6.92 Å². The molecule has 0 aliphatic carbocycles. The molecular weight excluding hydrogens is 270 g/mol. The maximum atomic E-state index is 14.4. The van der Waals surface area contributed by atoms with Crippen LogP contribution >= 0.6 is 0 Å². The minimum absolute atomic E-state index is 0.103. The Morgan fingerprint density at radius 3 is 2.14 bits per heavy atom. The van der Waals surface area contributed by atoms with Gasteiger partial charge in [0.2, 0.25) is 0 Å². The zero-order valence-electron chi connectivity index (χ0n) is 13.6. The first-order chi connectivity index (χ1) is 9.90. The van der Waals surface area contributed by atoms with Gasteiger partial charge in [0.1, 0.15) is 17.3 Å². The average molecular weight is 298 g/mol. The lowest BCUT2D eigenvalue weighted by molar-refractivity contribution is 0.530. The van der Waals surface area contributed by atoms with Gasteiger partial charge < -0.3 is 10.6 Å². The van der Waals surface area contributed by atoms with Crippen molar-refractivity contribution in [1.82, 2.24) is 0 Å². The molecule has 0 aliphatic heterocycles. The number of hydrogen-bond acceptors (Lipinski definition) is 2. The van der Waals surface area contributed by atoms with Crippen molar-refractivity contribution in [3.63, 3.8) is 0 Å². The summed E-state index contributed by atoms with van der Waals surface area (Å²) in [5.74, 6) is -0.968. The van der Waals surface area contributed by atoms with Crippen LogP contribution in [0.4, 0.5) is 14.5 Å². The van der Waals surface area contributed by atoms with E-state index in [0.29, 0.717) is 18.5 Å². The second-order valence-corrected chi connectivity index (χ2v) is 5.89. The molecule has 2 atom stereocenters. The van der Waals surface area contributed by atoms with Crippen LogP contribution < -0.4 is 10.6 Å². The van der Waals surface area contributed by atoms with Crippen LogP contribution in [0.1, 0.15) is 52.5 Å². The number of unbranched alkanes of at least 4 members (excludes halogenated alkanes) is 1. The highest BCUT2D eigenvalue weighted by Gasteiger charge is 2.21. The van der Waals surface area contributed by atoms with E-state index < -0.39 is 11.6 Å².